The quantitative estimate of drug-likeness (QED) is 0.918. The first-order valence-electron chi connectivity index (χ1n) is 6.34. The van der Waals surface area contributed by atoms with E-state index in [9.17, 15) is 0 Å². The Morgan fingerprint density at radius 2 is 1.95 bits per heavy atom. The molecule has 0 aliphatic carbocycles. The Morgan fingerprint density at radius 1 is 1.21 bits per heavy atom. The van der Waals surface area contributed by atoms with Crippen LogP contribution in [0.4, 0.5) is 5.82 Å². The molecule has 0 unspecified atom stereocenters. The Labute approximate surface area is 113 Å². The van der Waals surface area contributed by atoms with Crippen LogP contribution in [0, 0.1) is 13.8 Å². The Balaban J connectivity index is 2.53. The van der Waals surface area contributed by atoms with Crippen LogP contribution in [0.5, 0.6) is 5.75 Å². The highest BCUT2D eigenvalue weighted by Gasteiger charge is 2.10. The van der Waals surface area contributed by atoms with E-state index in [2.05, 4.69) is 16.9 Å². The number of methoxy groups -OCH3 is 1. The van der Waals surface area contributed by atoms with Crippen LogP contribution < -0.4 is 10.5 Å². The third kappa shape index (κ3) is 2.52. The van der Waals surface area contributed by atoms with Crippen molar-refractivity contribution in [3.8, 4) is 17.1 Å². The van der Waals surface area contributed by atoms with Gasteiger partial charge in [0.1, 0.15) is 11.6 Å². The molecule has 1 aromatic heterocycles. The van der Waals surface area contributed by atoms with Crippen LogP contribution in [0.3, 0.4) is 0 Å². The van der Waals surface area contributed by atoms with Gasteiger partial charge in [0.25, 0.3) is 0 Å². The van der Waals surface area contributed by atoms with Gasteiger partial charge in [-0.05, 0) is 44.0 Å². The maximum Gasteiger partial charge on any atom is 0.161 e. The van der Waals surface area contributed by atoms with Gasteiger partial charge in [0.2, 0.25) is 0 Å². The molecule has 0 fully saturated rings. The summed E-state index contributed by atoms with van der Waals surface area (Å²) in [6.45, 7) is 6.02. The van der Waals surface area contributed by atoms with E-state index in [0.29, 0.717) is 11.6 Å². The maximum absolute atomic E-state index is 5.95. The van der Waals surface area contributed by atoms with Crippen LogP contribution in [0.15, 0.2) is 18.2 Å². The number of aromatic nitrogens is 2. The second-order valence-corrected chi connectivity index (χ2v) is 4.54. The highest BCUT2D eigenvalue weighted by atomic mass is 16.5. The molecular formula is C15H19N3O. The Bertz CT molecular complexity index is 609. The van der Waals surface area contributed by atoms with Gasteiger partial charge in [0.05, 0.1) is 7.11 Å². The lowest BCUT2D eigenvalue weighted by Gasteiger charge is -2.10. The topological polar surface area (TPSA) is 61.0 Å². The van der Waals surface area contributed by atoms with Gasteiger partial charge in [-0.25, -0.2) is 9.97 Å². The minimum atomic E-state index is 0.551. The summed E-state index contributed by atoms with van der Waals surface area (Å²) >= 11 is 0. The summed E-state index contributed by atoms with van der Waals surface area (Å²) in [6, 6.07) is 5.90. The summed E-state index contributed by atoms with van der Waals surface area (Å²) < 4.78 is 5.26. The molecule has 0 radical (unpaired) electrons. The molecule has 0 spiro atoms. The number of nitrogen functional groups attached to an aromatic ring is 1. The predicted octanol–water partition coefficient (Wildman–Crippen LogP) is 2.91. The molecule has 1 aromatic carbocycles. The number of nitrogens with two attached hydrogens (primary N) is 1. The SMILES string of the molecule is CCc1nc(-c2ccc(OC)c(C)c2)nc(N)c1C. The van der Waals surface area contributed by atoms with Crippen LogP contribution >= 0.6 is 0 Å². The van der Waals surface area contributed by atoms with Gasteiger partial charge in [0, 0.05) is 16.8 Å². The molecule has 4 nitrogen and oxygen atoms in total. The van der Waals surface area contributed by atoms with Gasteiger partial charge in [-0.3, -0.25) is 0 Å². The van der Waals surface area contributed by atoms with Gasteiger partial charge in [-0.1, -0.05) is 6.92 Å². The first-order valence-corrected chi connectivity index (χ1v) is 6.34. The maximum atomic E-state index is 5.95. The van der Waals surface area contributed by atoms with Crippen LogP contribution in [0.1, 0.15) is 23.7 Å². The molecule has 0 saturated heterocycles. The highest BCUT2D eigenvalue weighted by molar-refractivity contribution is 5.61. The predicted molar refractivity (Wildman–Crippen MR) is 77.3 cm³/mol. The van der Waals surface area contributed by atoms with Crippen molar-refractivity contribution in [3.05, 3.63) is 35.0 Å². The van der Waals surface area contributed by atoms with Gasteiger partial charge in [-0.15, -0.1) is 0 Å². The second-order valence-electron chi connectivity index (χ2n) is 4.54. The van der Waals surface area contributed by atoms with E-state index in [1.807, 2.05) is 32.0 Å². The molecule has 1 heterocycles. The average molecular weight is 257 g/mol. The summed E-state index contributed by atoms with van der Waals surface area (Å²) in [6.07, 6.45) is 0.848. The number of ether oxygens (including phenoxy) is 1. The number of anilines is 1. The Hall–Kier alpha value is -2.10. The van der Waals surface area contributed by atoms with Crippen molar-refractivity contribution in [1.82, 2.24) is 9.97 Å². The lowest BCUT2D eigenvalue weighted by Crippen LogP contribution is -2.04. The Kier molecular flexibility index (Phi) is 3.69. The first-order chi connectivity index (χ1) is 9.06. The lowest BCUT2D eigenvalue weighted by molar-refractivity contribution is 0.412. The third-order valence-electron chi connectivity index (χ3n) is 3.27. The minimum Gasteiger partial charge on any atom is -0.496 e. The normalized spacial score (nSPS) is 10.5. The monoisotopic (exact) mass is 257 g/mol. The fourth-order valence-corrected chi connectivity index (χ4v) is 2.07. The highest BCUT2D eigenvalue weighted by Crippen LogP contribution is 2.25. The average Bonchev–Trinajstić information content (AvgIpc) is 2.41. The molecule has 0 saturated carbocycles. The van der Waals surface area contributed by atoms with Crippen molar-refractivity contribution in [2.45, 2.75) is 27.2 Å². The third-order valence-corrected chi connectivity index (χ3v) is 3.27. The molecule has 0 amide bonds. The van der Waals surface area contributed by atoms with Crippen molar-refractivity contribution in [2.75, 3.05) is 12.8 Å². The second kappa shape index (κ2) is 5.26. The number of aryl methyl sites for hydroxylation is 2. The van der Waals surface area contributed by atoms with Crippen molar-refractivity contribution >= 4 is 5.82 Å². The smallest absolute Gasteiger partial charge is 0.161 e. The van der Waals surface area contributed by atoms with E-state index in [4.69, 9.17) is 10.5 Å². The summed E-state index contributed by atoms with van der Waals surface area (Å²) in [4.78, 5) is 8.96. The molecular weight excluding hydrogens is 238 g/mol. The van der Waals surface area contributed by atoms with Crippen molar-refractivity contribution in [1.29, 1.82) is 0 Å². The molecule has 2 rings (SSSR count). The van der Waals surface area contributed by atoms with E-state index in [1.54, 1.807) is 7.11 Å². The van der Waals surface area contributed by atoms with Gasteiger partial charge < -0.3 is 10.5 Å². The molecule has 2 N–H and O–H groups in total. The van der Waals surface area contributed by atoms with E-state index in [0.717, 1.165) is 34.6 Å². The molecule has 100 valence electrons. The fraction of sp³-hybridized carbons (Fsp3) is 0.333. The molecule has 4 heteroatoms. The zero-order valence-electron chi connectivity index (χ0n) is 11.8. The van der Waals surface area contributed by atoms with Gasteiger partial charge in [-0.2, -0.15) is 0 Å². The Morgan fingerprint density at radius 3 is 2.53 bits per heavy atom. The standard InChI is InChI=1S/C15H19N3O/c1-5-12-10(3)14(16)18-15(17-12)11-6-7-13(19-4)9(2)8-11/h6-8H,5H2,1-4H3,(H2,16,17,18). The van der Waals surface area contributed by atoms with Crippen LogP contribution in [-0.4, -0.2) is 17.1 Å². The van der Waals surface area contributed by atoms with Crippen molar-refractivity contribution in [3.63, 3.8) is 0 Å². The fourth-order valence-electron chi connectivity index (χ4n) is 2.07. The lowest BCUT2D eigenvalue weighted by atomic mass is 10.1. The van der Waals surface area contributed by atoms with E-state index in [-0.39, 0.29) is 0 Å². The number of benzene rings is 1. The summed E-state index contributed by atoms with van der Waals surface area (Å²) in [5.41, 5.74) is 9.93. The van der Waals surface area contributed by atoms with Gasteiger partial charge in [0.15, 0.2) is 5.82 Å². The summed E-state index contributed by atoms with van der Waals surface area (Å²) in [7, 11) is 1.66. The zero-order valence-corrected chi connectivity index (χ0v) is 11.8. The summed E-state index contributed by atoms with van der Waals surface area (Å²) in [5, 5.41) is 0. The molecule has 0 aliphatic rings. The molecule has 2 aromatic rings. The molecule has 0 bridgehead atoms. The summed E-state index contributed by atoms with van der Waals surface area (Å²) in [5.74, 6) is 2.08. The minimum absolute atomic E-state index is 0.551. The molecule has 0 aliphatic heterocycles. The van der Waals surface area contributed by atoms with E-state index in [1.165, 1.54) is 0 Å². The van der Waals surface area contributed by atoms with E-state index < -0.39 is 0 Å². The van der Waals surface area contributed by atoms with Crippen LogP contribution in [0.25, 0.3) is 11.4 Å². The first kappa shape index (κ1) is 13.3. The molecule has 19 heavy (non-hydrogen) atoms. The van der Waals surface area contributed by atoms with Crippen LogP contribution in [-0.2, 0) is 6.42 Å². The largest absolute Gasteiger partial charge is 0.496 e. The zero-order chi connectivity index (χ0) is 14.0. The van der Waals surface area contributed by atoms with Crippen LogP contribution in [0.2, 0.25) is 0 Å². The van der Waals surface area contributed by atoms with E-state index >= 15 is 0 Å². The van der Waals surface area contributed by atoms with Crippen molar-refractivity contribution < 1.29 is 4.74 Å². The molecule has 0 atom stereocenters. The number of hydrogen-bond donors (Lipinski definition) is 1. The number of hydrogen-bond acceptors (Lipinski definition) is 4. The number of rotatable bonds is 3. The van der Waals surface area contributed by atoms with Crippen molar-refractivity contribution in [2.24, 2.45) is 0 Å². The van der Waals surface area contributed by atoms with Gasteiger partial charge >= 0.3 is 0 Å². The number of nitrogens with zero attached hydrogens (tertiary/aromatic N) is 2.